The van der Waals surface area contributed by atoms with Crippen LogP contribution in [0, 0.1) is 11.7 Å². The molecule has 0 aliphatic carbocycles. The van der Waals surface area contributed by atoms with Crippen LogP contribution in [0.25, 0.3) is 10.9 Å². The molecular weight excluding hydrogens is 627 g/mol. The van der Waals surface area contributed by atoms with Crippen molar-refractivity contribution in [2.75, 3.05) is 46.4 Å². The number of aliphatic carboxylic acids is 1. The van der Waals surface area contributed by atoms with Crippen LogP contribution < -0.4 is 10.1 Å². The van der Waals surface area contributed by atoms with Crippen LogP contribution in [-0.4, -0.2) is 96.2 Å². The molecule has 1 fully saturated rings. The summed E-state index contributed by atoms with van der Waals surface area (Å²) >= 11 is 6.08. The van der Waals surface area contributed by atoms with Crippen molar-refractivity contribution in [3.63, 3.8) is 0 Å². The van der Waals surface area contributed by atoms with Crippen LogP contribution in [-0.2, 0) is 23.9 Å². The van der Waals surface area contributed by atoms with Crippen molar-refractivity contribution in [1.29, 1.82) is 0 Å². The largest absolute Gasteiger partial charge is 0.481 e. The molecule has 0 bridgehead atoms. The van der Waals surface area contributed by atoms with E-state index in [-0.39, 0.29) is 73.1 Å². The van der Waals surface area contributed by atoms with E-state index in [0.29, 0.717) is 5.56 Å². The molecule has 1 aliphatic heterocycles. The van der Waals surface area contributed by atoms with Gasteiger partial charge < -0.3 is 34.4 Å². The van der Waals surface area contributed by atoms with E-state index in [9.17, 15) is 29.1 Å². The van der Waals surface area contributed by atoms with E-state index in [4.69, 9.17) is 25.8 Å². The van der Waals surface area contributed by atoms with E-state index in [2.05, 4.69) is 10.3 Å². The number of nitrogens with zero attached hydrogens (tertiary/aromatic N) is 3. The fraction of sp³-hybridized carbons (Fsp3) is 0.355. The number of carboxylic acids is 1. The van der Waals surface area contributed by atoms with E-state index in [1.807, 2.05) is 0 Å². The van der Waals surface area contributed by atoms with E-state index in [1.165, 1.54) is 29.0 Å². The predicted octanol–water partition coefficient (Wildman–Crippen LogP) is 3.44. The van der Waals surface area contributed by atoms with Crippen molar-refractivity contribution in [1.82, 2.24) is 20.1 Å². The molecule has 2 atom stereocenters. The van der Waals surface area contributed by atoms with Gasteiger partial charge in [0.15, 0.2) is 5.82 Å². The van der Waals surface area contributed by atoms with Gasteiger partial charge in [-0.3, -0.25) is 14.4 Å². The Bertz CT molecular complexity index is 1620. The van der Waals surface area contributed by atoms with Crippen molar-refractivity contribution >= 4 is 52.4 Å². The normalized spacial score (nSPS) is 14.3. The van der Waals surface area contributed by atoms with Gasteiger partial charge in [0.1, 0.15) is 22.9 Å². The molecule has 13 nitrogen and oxygen atoms in total. The van der Waals surface area contributed by atoms with Gasteiger partial charge in [0.25, 0.3) is 5.91 Å². The van der Waals surface area contributed by atoms with Crippen LogP contribution in [0.2, 0.25) is 5.02 Å². The number of fused-ring (bicyclic) bond motifs is 1. The molecule has 3 aromatic rings. The highest BCUT2D eigenvalue weighted by molar-refractivity contribution is 6.31. The molecule has 2 unspecified atom stereocenters. The second kappa shape index (κ2) is 15.3. The molecule has 244 valence electrons. The number of carboxylic acid groups (broad SMARTS) is 1. The molecule has 0 radical (unpaired) electrons. The highest BCUT2D eigenvalue weighted by Crippen LogP contribution is 2.34. The Morgan fingerprint density at radius 1 is 1.04 bits per heavy atom. The lowest BCUT2D eigenvalue weighted by Gasteiger charge is -2.35. The Kier molecular flexibility index (Phi) is 11.3. The third kappa shape index (κ3) is 7.99. The third-order valence-electron chi connectivity index (χ3n) is 7.22. The number of pyridine rings is 1. The van der Waals surface area contributed by atoms with Gasteiger partial charge in [0.05, 0.1) is 13.7 Å². The van der Waals surface area contributed by atoms with Gasteiger partial charge in [-0.15, -0.1) is 0 Å². The van der Waals surface area contributed by atoms with Gasteiger partial charge in [0.2, 0.25) is 12.0 Å². The number of carbonyl (C=O) groups is 5. The van der Waals surface area contributed by atoms with Gasteiger partial charge in [-0.2, -0.15) is 0 Å². The average Bonchev–Trinajstić information content (AvgIpc) is 3.05. The minimum atomic E-state index is -1.47. The molecule has 15 heteroatoms. The molecule has 0 spiro atoms. The zero-order valence-corrected chi connectivity index (χ0v) is 25.8. The zero-order valence-electron chi connectivity index (χ0n) is 25.0. The van der Waals surface area contributed by atoms with Crippen molar-refractivity contribution < 1.29 is 47.7 Å². The first-order chi connectivity index (χ1) is 22.0. The number of aromatic nitrogens is 1. The van der Waals surface area contributed by atoms with E-state index < -0.39 is 47.7 Å². The van der Waals surface area contributed by atoms with Gasteiger partial charge in [-0.1, -0.05) is 41.9 Å². The lowest BCUT2D eigenvalue weighted by Crippen LogP contribution is -2.53. The van der Waals surface area contributed by atoms with Crippen LogP contribution >= 0.6 is 11.6 Å². The Morgan fingerprint density at radius 3 is 2.35 bits per heavy atom. The number of esters is 1. The van der Waals surface area contributed by atoms with Gasteiger partial charge >= 0.3 is 18.0 Å². The Morgan fingerprint density at radius 2 is 1.72 bits per heavy atom. The van der Waals surface area contributed by atoms with E-state index in [1.54, 1.807) is 37.3 Å². The van der Waals surface area contributed by atoms with E-state index in [0.717, 1.165) is 6.07 Å². The van der Waals surface area contributed by atoms with Gasteiger partial charge in [-0.05, 0) is 25.5 Å². The summed E-state index contributed by atoms with van der Waals surface area (Å²) < 4.78 is 30.9. The molecule has 2 heterocycles. The minimum absolute atomic E-state index is 0.0230. The molecule has 1 saturated heterocycles. The third-order valence-corrected chi connectivity index (χ3v) is 7.44. The van der Waals surface area contributed by atoms with Crippen LogP contribution in [0.1, 0.15) is 35.5 Å². The molecule has 2 N–H and O–H groups in total. The highest BCUT2D eigenvalue weighted by Gasteiger charge is 2.33. The Labute approximate surface area is 268 Å². The summed E-state index contributed by atoms with van der Waals surface area (Å²) in [5.74, 6) is -6.00. The zero-order chi connectivity index (χ0) is 33.4. The number of methoxy groups -OCH3 is 1. The summed E-state index contributed by atoms with van der Waals surface area (Å²) in [4.78, 5) is 69.7. The van der Waals surface area contributed by atoms with Crippen molar-refractivity contribution in [2.24, 2.45) is 5.92 Å². The van der Waals surface area contributed by atoms with Crippen molar-refractivity contribution in [3.05, 3.63) is 70.6 Å². The molecule has 2 aromatic carbocycles. The number of hydrogen-bond acceptors (Lipinski definition) is 9. The highest BCUT2D eigenvalue weighted by atomic mass is 35.5. The number of amides is 3. The first-order valence-corrected chi connectivity index (χ1v) is 14.7. The monoisotopic (exact) mass is 658 g/mol. The number of rotatable bonds is 11. The van der Waals surface area contributed by atoms with Crippen LogP contribution in [0.4, 0.5) is 9.18 Å². The van der Waals surface area contributed by atoms with Gasteiger partial charge in [-0.25, -0.2) is 19.0 Å². The van der Waals surface area contributed by atoms with Crippen LogP contribution in [0.5, 0.6) is 5.75 Å². The summed E-state index contributed by atoms with van der Waals surface area (Å²) in [7, 11) is 1.18. The molecule has 4 rings (SSSR count). The summed E-state index contributed by atoms with van der Waals surface area (Å²) in [5, 5.41) is 12.4. The predicted molar refractivity (Wildman–Crippen MR) is 162 cm³/mol. The fourth-order valence-electron chi connectivity index (χ4n) is 4.87. The fourth-order valence-corrected chi connectivity index (χ4v) is 5.07. The molecule has 0 saturated carbocycles. The summed E-state index contributed by atoms with van der Waals surface area (Å²) in [5.41, 5.74) is -0.127. The Balaban J connectivity index is 1.50. The topological polar surface area (TPSA) is 165 Å². The first-order valence-electron chi connectivity index (χ1n) is 14.3. The second-order valence-corrected chi connectivity index (χ2v) is 10.6. The minimum Gasteiger partial charge on any atom is -0.481 e. The van der Waals surface area contributed by atoms with Crippen molar-refractivity contribution in [2.45, 2.75) is 19.4 Å². The maximum Gasteiger partial charge on any atom is 0.409 e. The number of piperazine rings is 1. The molecule has 1 aliphatic rings. The van der Waals surface area contributed by atoms with Crippen LogP contribution in [0.15, 0.2) is 48.5 Å². The maximum atomic E-state index is 15.0. The lowest BCUT2D eigenvalue weighted by atomic mass is 10.0. The number of ether oxygens (including phenoxy) is 3. The first kappa shape index (κ1) is 33.9. The standard InChI is InChI=1S/C31H32ClFN4O9/c1-3-45-31(43)37-13-11-36(12-14-37)28(39)20(29(40)41)9-10-34-27(38)23-17-24(21-15-19(32)16-22(33)25(21)35-23)46-26(30(42)44-2)18-7-5-4-6-8-18/h4-8,15-17,20,26H,3,9-14H2,1-2H3,(H,34,38)(H,40,41). The summed E-state index contributed by atoms with van der Waals surface area (Å²) in [6.45, 7) is 2.28. The number of benzene rings is 2. The quantitative estimate of drug-likeness (QED) is 0.230. The van der Waals surface area contributed by atoms with Gasteiger partial charge in [0, 0.05) is 54.8 Å². The molecule has 3 amide bonds. The number of hydrogen-bond donors (Lipinski definition) is 2. The van der Waals surface area contributed by atoms with Crippen molar-refractivity contribution in [3.8, 4) is 5.75 Å². The maximum absolute atomic E-state index is 15.0. The average molecular weight is 659 g/mol. The molecular formula is C31H32ClFN4O9. The second-order valence-electron chi connectivity index (χ2n) is 10.2. The summed E-state index contributed by atoms with van der Waals surface area (Å²) in [6.07, 6.45) is -2.04. The lowest BCUT2D eigenvalue weighted by molar-refractivity contribution is -0.152. The Hall–Kier alpha value is -4.98. The number of halogens is 2. The van der Waals surface area contributed by atoms with E-state index >= 15 is 4.39 Å². The SMILES string of the molecule is CCOC(=O)N1CCN(C(=O)C(CCNC(=O)c2cc(OC(C(=O)OC)c3ccccc3)c3cc(Cl)cc(F)c3n2)C(=O)O)CC1. The number of carbonyl (C=O) groups excluding carboxylic acids is 4. The molecule has 1 aromatic heterocycles. The summed E-state index contributed by atoms with van der Waals surface area (Å²) in [6, 6.07) is 12.0. The van der Waals surface area contributed by atoms with Crippen LogP contribution in [0.3, 0.4) is 0 Å². The smallest absolute Gasteiger partial charge is 0.409 e. The number of nitrogens with one attached hydrogen (secondary N) is 1. The molecule has 46 heavy (non-hydrogen) atoms.